The van der Waals surface area contributed by atoms with Crippen molar-refractivity contribution >= 4 is 17.6 Å². The Labute approximate surface area is 182 Å². The van der Waals surface area contributed by atoms with Crippen molar-refractivity contribution < 1.29 is 28.5 Å². The fraction of sp³-hybridized carbons (Fsp3) is 0.417. The third-order valence-corrected chi connectivity index (χ3v) is 5.44. The molecule has 0 unspecified atom stereocenters. The van der Waals surface area contributed by atoms with E-state index in [1.807, 2.05) is 31.2 Å². The van der Waals surface area contributed by atoms with Gasteiger partial charge in [-0.05, 0) is 56.0 Å². The first-order valence-corrected chi connectivity index (χ1v) is 10.3. The Balaban J connectivity index is 1.62. The van der Waals surface area contributed by atoms with Gasteiger partial charge in [-0.25, -0.2) is 0 Å². The van der Waals surface area contributed by atoms with Gasteiger partial charge in [0, 0.05) is 18.2 Å². The van der Waals surface area contributed by atoms with Gasteiger partial charge in [0.15, 0.2) is 17.6 Å². The highest BCUT2D eigenvalue weighted by molar-refractivity contribution is 5.99. The topological polar surface area (TPSA) is 74.3 Å². The van der Waals surface area contributed by atoms with Crippen LogP contribution in [-0.2, 0) is 27.2 Å². The highest BCUT2D eigenvalue weighted by Crippen LogP contribution is 2.38. The van der Waals surface area contributed by atoms with Crippen LogP contribution in [0.3, 0.4) is 0 Å². The Morgan fingerprint density at radius 1 is 1.06 bits per heavy atom. The summed E-state index contributed by atoms with van der Waals surface area (Å²) in [6, 6.07) is 11.4. The minimum absolute atomic E-state index is 0.0327. The highest BCUT2D eigenvalue weighted by Gasteiger charge is 2.34. The van der Waals surface area contributed by atoms with E-state index in [0.29, 0.717) is 23.7 Å². The van der Waals surface area contributed by atoms with Crippen molar-refractivity contribution in [1.29, 1.82) is 0 Å². The van der Waals surface area contributed by atoms with Crippen LogP contribution < -0.4 is 19.1 Å². The number of hydrogen-bond acceptors (Lipinski definition) is 6. The molecular formula is C24H29NO6. The van der Waals surface area contributed by atoms with Crippen LogP contribution in [0.4, 0.5) is 5.69 Å². The average molecular weight is 427 g/mol. The monoisotopic (exact) mass is 427 g/mol. The van der Waals surface area contributed by atoms with E-state index < -0.39 is 12.1 Å². The van der Waals surface area contributed by atoms with E-state index in [-0.39, 0.29) is 18.4 Å². The van der Waals surface area contributed by atoms with Gasteiger partial charge < -0.3 is 23.8 Å². The molecule has 1 heterocycles. The number of ether oxygens (including phenoxy) is 4. The van der Waals surface area contributed by atoms with Crippen molar-refractivity contribution in [2.24, 2.45) is 0 Å². The number of aryl methyl sites for hydroxylation is 1. The molecule has 31 heavy (non-hydrogen) atoms. The summed E-state index contributed by atoms with van der Waals surface area (Å²) in [4.78, 5) is 27.1. The number of para-hydroxylation sites is 1. The summed E-state index contributed by atoms with van der Waals surface area (Å²) in [5.74, 6) is 0.898. The predicted octanol–water partition coefficient (Wildman–Crippen LogP) is 3.55. The molecule has 0 bridgehead atoms. The summed E-state index contributed by atoms with van der Waals surface area (Å²) in [5.41, 5.74) is 2.86. The van der Waals surface area contributed by atoms with Gasteiger partial charge in [-0.1, -0.05) is 18.2 Å². The number of rotatable bonds is 8. The van der Waals surface area contributed by atoms with Gasteiger partial charge in [0.05, 0.1) is 21.3 Å². The number of fused-ring (bicyclic) bond motifs is 1. The number of nitrogens with zero attached hydrogens (tertiary/aromatic N) is 1. The molecule has 0 spiro atoms. The van der Waals surface area contributed by atoms with E-state index in [2.05, 4.69) is 0 Å². The van der Waals surface area contributed by atoms with Crippen LogP contribution in [-0.4, -0.2) is 45.4 Å². The van der Waals surface area contributed by atoms with E-state index in [9.17, 15) is 9.59 Å². The molecule has 7 nitrogen and oxygen atoms in total. The van der Waals surface area contributed by atoms with Crippen LogP contribution >= 0.6 is 0 Å². The van der Waals surface area contributed by atoms with Crippen LogP contribution in [0.15, 0.2) is 36.4 Å². The van der Waals surface area contributed by atoms with Gasteiger partial charge in [-0.2, -0.15) is 0 Å². The lowest BCUT2D eigenvalue weighted by Gasteiger charge is -2.26. The van der Waals surface area contributed by atoms with Gasteiger partial charge in [0.25, 0.3) is 5.91 Å². The zero-order valence-corrected chi connectivity index (χ0v) is 18.6. The van der Waals surface area contributed by atoms with Gasteiger partial charge in [0.2, 0.25) is 5.75 Å². The van der Waals surface area contributed by atoms with Crippen molar-refractivity contribution in [3.8, 4) is 17.2 Å². The molecule has 1 aliphatic rings. The van der Waals surface area contributed by atoms with E-state index in [4.69, 9.17) is 18.9 Å². The molecule has 7 heteroatoms. The molecule has 2 aromatic carbocycles. The second-order valence-electron chi connectivity index (χ2n) is 7.56. The fourth-order valence-corrected chi connectivity index (χ4v) is 3.93. The largest absolute Gasteiger partial charge is 0.493 e. The Bertz CT molecular complexity index is 932. The summed E-state index contributed by atoms with van der Waals surface area (Å²) in [6.45, 7) is 3.62. The van der Waals surface area contributed by atoms with Crippen LogP contribution in [0.1, 0.15) is 31.4 Å². The standard InChI is InChI=1S/C24H29NO6/c1-15-12-18-8-6-7-9-19(18)25(15)24(27)16(2)31-22(26)11-10-17-13-20(28-3)23(30-5)21(14-17)29-4/h6-9,13-16H,10-12H2,1-5H3/t15-,16-/m1/s1. The SMILES string of the molecule is COc1cc(CCC(=O)O[C@H](C)C(=O)N2c3ccccc3C[C@H]2C)cc(OC)c1OC. The molecule has 2 atom stereocenters. The maximum atomic E-state index is 13.0. The molecule has 0 N–H and O–H groups in total. The first-order valence-electron chi connectivity index (χ1n) is 10.3. The first-order chi connectivity index (χ1) is 14.9. The van der Waals surface area contributed by atoms with E-state index in [1.165, 1.54) is 7.11 Å². The van der Waals surface area contributed by atoms with E-state index in [0.717, 1.165) is 23.2 Å². The maximum absolute atomic E-state index is 13.0. The Morgan fingerprint density at radius 3 is 2.32 bits per heavy atom. The zero-order valence-electron chi connectivity index (χ0n) is 18.6. The van der Waals surface area contributed by atoms with Crippen molar-refractivity contribution in [3.05, 3.63) is 47.5 Å². The molecule has 0 radical (unpaired) electrons. The van der Waals surface area contributed by atoms with Crippen molar-refractivity contribution in [1.82, 2.24) is 0 Å². The van der Waals surface area contributed by atoms with Gasteiger partial charge in [-0.3, -0.25) is 9.59 Å². The normalized spacial score (nSPS) is 15.8. The predicted molar refractivity (Wildman–Crippen MR) is 117 cm³/mol. The maximum Gasteiger partial charge on any atom is 0.306 e. The highest BCUT2D eigenvalue weighted by atomic mass is 16.5. The van der Waals surface area contributed by atoms with Gasteiger partial charge in [-0.15, -0.1) is 0 Å². The third kappa shape index (κ3) is 4.76. The third-order valence-electron chi connectivity index (χ3n) is 5.44. The molecule has 0 fully saturated rings. The Morgan fingerprint density at radius 2 is 1.71 bits per heavy atom. The molecule has 0 saturated carbocycles. The molecule has 1 amide bonds. The number of carbonyl (C=O) groups excluding carboxylic acids is 2. The van der Waals surface area contributed by atoms with Crippen molar-refractivity contribution in [3.63, 3.8) is 0 Å². The molecule has 2 aromatic rings. The summed E-state index contributed by atoms with van der Waals surface area (Å²) < 4.78 is 21.5. The second-order valence-corrected chi connectivity index (χ2v) is 7.56. The lowest BCUT2D eigenvalue weighted by Crippen LogP contribution is -2.43. The first kappa shape index (κ1) is 22.5. The number of esters is 1. The van der Waals surface area contributed by atoms with E-state index >= 15 is 0 Å². The van der Waals surface area contributed by atoms with Gasteiger partial charge in [0.1, 0.15) is 0 Å². The smallest absolute Gasteiger partial charge is 0.306 e. The number of carbonyl (C=O) groups is 2. The van der Waals surface area contributed by atoms with Crippen LogP contribution in [0, 0.1) is 0 Å². The minimum atomic E-state index is -0.860. The molecule has 1 aliphatic heterocycles. The number of benzene rings is 2. The molecule has 3 rings (SSSR count). The zero-order chi connectivity index (χ0) is 22.5. The lowest BCUT2D eigenvalue weighted by atomic mass is 10.1. The second kappa shape index (κ2) is 9.73. The molecule has 0 aliphatic carbocycles. The number of methoxy groups -OCH3 is 3. The van der Waals surface area contributed by atoms with Gasteiger partial charge >= 0.3 is 5.97 Å². The van der Waals surface area contributed by atoms with Crippen LogP contribution in [0.5, 0.6) is 17.2 Å². The molecular weight excluding hydrogens is 398 g/mol. The Hall–Kier alpha value is -3.22. The van der Waals surface area contributed by atoms with Crippen LogP contribution in [0.25, 0.3) is 0 Å². The number of hydrogen-bond donors (Lipinski definition) is 0. The van der Waals surface area contributed by atoms with Crippen LogP contribution in [0.2, 0.25) is 0 Å². The van der Waals surface area contributed by atoms with Crippen molar-refractivity contribution in [2.45, 2.75) is 45.3 Å². The summed E-state index contributed by atoms with van der Waals surface area (Å²) in [7, 11) is 4.62. The molecule has 0 aromatic heterocycles. The minimum Gasteiger partial charge on any atom is -0.493 e. The summed E-state index contributed by atoms with van der Waals surface area (Å²) >= 11 is 0. The van der Waals surface area contributed by atoms with E-state index in [1.54, 1.807) is 38.2 Å². The Kier molecular flexibility index (Phi) is 7.05. The fourth-order valence-electron chi connectivity index (χ4n) is 3.93. The van der Waals surface area contributed by atoms with Crippen molar-refractivity contribution in [2.75, 3.05) is 26.2 Å². The molecule has 0 saturated heterocycles. The summed E-state index contributed by atoms with van der Waals surface area (Å²) in [5, 5.41) is 0. The average Bonchev–Trinajstić information content (AvgIpc) is 3.11. The lowest BCUT2D eigenvalue weighted by molar-refractivity contribution is -0.154. The number of anilines is 1. The summed E-state index contributed by atoms with van der Waals surface area (Å²) in [6.07, 6.45) is 0.479. The molecule has 166 valence electrons. The quantitative estimate of drug-likeness (QED) is 0.600. The number of amides is 1.